The van der Waals surface area contributed by atoms with Crippen LogP contribution in [0.5, 0.6) is 0 Å². The zero-order valence-electron chi connectivity index (χ0n) is 9.26. The summed E-state index contributed by atoms with van der Waals surface area (Å²) >= 11 is 12.0. The maximum absolute atomic E-state index is 6.11. The van der Waals surface area contributed by atoms with Gasteiger partial charge in [0, 0.05) is 16.1 Å². The van der Waals surface area contributed by atoms with Crippen LogP contribution in [0, 0.1) is 0 Å². The molecule has 1 aromatic carbocycles. The van der Waals surface area contributed by atoms with Crippen molar-refractivity contribution in [3.05, 3.63) is 46.0 Å². The van der Waals surface area contributed by atoms with Crippen LogP contribution in [0.2, 0.25) is 10.0 Å². The number of halogens is 2. The monoisotopic (exact) mass is 258 g/mol. The van der Waals surface area contributed by atoms with Gasteiger partial charge in [0.2, 0.25) is 0 Å². The third-order valence-electron chi connectivity index (χ3n) is 2.39. The van der Waals surface area contributed by atoms with E-state index in [1.54, 1.807) is 12.1 Å². The van der Waals surface area contributed by atoms with E-state index in [9.17, 15) is 0 Å². The summed E-state index contributed by atoms with van der Waals surface area (Å²) in [7, 11) is 0. The molecule has 16 heavy (non-hydrogen) atoms. The van der Waals surface area contributed by atoms with Gasteiger partial charge in [-0.25, -0.2) is 0 Å². The number of hydrogen-bond acceptors (Lipinski definition) is 2. The number of nitrogens with one attached hydrogen (secondary N) is 1. The Morgan fingerprint density at radius 2 is 2.19 bits per heavy atom. The molecule has 2 nitrogen and oxygen atoms in total. The minimum absolute atomic E-state index is 0.00269. The van der Waals surface area contributed by atoms with Gasteiger partial charge in [0.15, 0.2) is 0 Å². The number of hydrogen-bond donors (Lipinski definition) is 2. The highest BCUT2D eigenvalue weighted by atomic mass is 35.5. The molecular formula is C12H16Cl2N2. The summed E-state index contributed by atoms with van der Waals surface area (Å²) in [6, 6.07) is 5.39. The van der Waals surface area contributed by atoms with Gasteiger partial charge in [-0.05, 0) is 43.5 Å². The average Bonchev–Trinajstić information content (AvgIpc) is 2.23. The summed E-state index contributed by atoms with van der Waals surface area (Å²) in [5.74, 6) is 5.53. The van der Waals surface area contributed by atoms with Gasteiger partial charge >= 0.3 is 0 Å². The Hall–Kier alpha value is -0.540. The lowest BCUT2D eigenvalue weighted by Crippen LogP contribution is -2.28. The molecule has 0 bridgehead atoms. The van der Waals surface area contributed by atoms with Crippen LogP contribution < -0.4 is 11.3 Å². The first-order chi connectivity index (χ1) is 7.54. The van der Waals surface area contributed by atoms with E-state index in [1.165, 1.54) is 0 Å². The molecule has 0 amide bonds. The van der Waals surface area contributed by atoms with Gasteiger partial charge in [0.1, 0.15) is 0 Å². The zero-order valence-corrected chi connectivity index (χ0v) is 10.8. The van der Waals surface area contributed by atoms with E-state index in [0.29, 0.717) is 10.0 Å². The van der Waals surface area contributed by atoms with Gasteiger partial charge in [-0.1, -0.05) is 28.8 Å². The molecule has 3 N–H and O–H groups in total. The topological polar surface area (TPSA) is 38.0 Å². The van der Waals surface area contributed by atoms with Gasteiger partial charge in [-0.15, -0.1) is 6.58 Å². The van der Waals surface area contributed by atoms with Crippen molar-refractivity contribution < 1.29 is 0 Å². The van der Waals surface area contributed by atoms with Crippen LogP contribution in [0.1, 0.15) is 31.4 Å². The van der Waals surface area contributed by atoms with Crippen LogP contribution >= 0.6 is 23.2 Å². The van der Waals surface area contributed by atoms with Crippen molar-refractivity contribution >= 4 is 23.2 Å². The standard InChI is InChI=1S/C12H16Cl2N2/c1-8(2)3-6-12(16-15)10-7-9(13)4-5-11(10)14/h4-5,7,12,16H,1,3,6,15H2,2H3. The van der Waals surface area contributed by atoms with Crippen LogP contribution in [0.4, 0.5) is 0 Å². The van der Waals surface area contributed by atoms with Crippen molar-refractivity contribution in [1.82, 2.24) is 5.43 Å². The summed E-state index contributed by atoms with van der Waals surface area (Å²) in [6.07, 6.45) is 1.75. The van der Waals surface area contributed by atoms with Crippen molar-refractivity contribution in [3.63, 3.8) is 0 Å². The van der Waals surface area contributed by atoms with Gasteiger partial charge in [-0.2, -0.15) is 0 Å². The van der Waals surface area contributed by atoms with Gasteiger partial charge in [0.05, 0.1) is 0 Å². The lowest BCUT2D eigenvalue weighted by Gasteiger charge is -2.18. The Morgan fingerprint density at radius 1 is 1.50 bits per heavy atom. The van der Waals surface area contributed by atoms with Crippen LogP contribution in [-0.2, 0) is 0 Å². The van der Waals surface area contributed by atoms with E-state index in [0.717, 1.165) is 24.0 Å². The highest BCUT2D eigenvalue weighted by Crippen LogP contribution is 2.29. The molecule has 0 aromatic heterocycles. The van der Waals surface area contributed by atoms with Crippen molar-refractivity contribution in [1.29, 1.82) is 0 Å². The van der Waals surface area contributed by atoms with Crippen molar-refractivity contribution in [3.8, 4) is 0 Å². The predicted octanol–water partition coefficient (Wildman–Crippen LogP) is 3.85. The highest BCUT2D eigenvalue weighted by Gasteiger charge is 2.13. The molecule has 0 fully saturated rings. The van der Waals surface area contributed by atoms with Crippen molar-refractivity contribution in [2.45, 2.75) is 25.8 Å². The summed E-state index contributed by atoms with van der Waals surface area (Å²) in [5.41, 5.74) is 4.81. The molecule has 0 saturated carbocycles. The SMILES string of the molecule is C=C(C)CCC(NN)c1cc(Cl)ccc1Cl. The molecule has 0 heterocycles. The fourth-order valence-corrected chi connectivity index (χ4v) is 1.93. The molecule has 1 unspecified atom stereocenters. The summed E-state index contributed by atoms with van der Waals surface area (Å²) < 4.78 is 0. The smallest absolute Gasteiger partial charge is 0.0478 e. The number of allylic oxidation sites excluding steroid dienone is 1. The van der Waals surface area contributed by atoms with Crippen molar-refractivity contribution in [2.75, 3.05) is 0 Å². The van der Waals surface area contributed by atoms with E-state index in [2.05, 4.69) is 12.0 Å². The molecule has 0 aliphatic rings. The molecule has 1 rings (SSSR count). The second-order valence-corrected chi connectivity index (χ2v) is 4.72. The predicted molar refractivity (Wildman–Crippen MR) is 70.6 cm³/mol. The Bertz CT molecular complexity index is 377. The van der Waals surface area contributed by atoms with E-state index in [-0.39, 0.29) is 6.04 Å². The number of nitrogens with two attached hydrogens (primary N) is 1. The van der Waals surface area contributed by atoms with Crippen LogP contribution in [0.25, 0.3) is 0 Å². The fourth-order valence-electron chi connectivity index (χ4n) is 1.50. The van der Waals surface area contributed by atoms with E-state index >= 15 is 0 Å². The zero-order chi connectivity index (χ0) is 12.1. The highest BCUT2D eigenvalue weighted by molar-refractivity contribution is 6.33. The van der Waals surface area contributed by atoms with Crippen molar-refractivity contribution in [2.24, 2.45) is 5.84 Å². The third-order valence-corrected chi connectivity index (χ3v) is 2.97. The molecule has 0 saturated heterocycles. The maximum atomic E-state index is 6.11. The molecular weight excluding hydrogens is 243 g/mol. The first-order valence-electron chi connectivity index (χ1n) is 5.10. The summed E-state index contributed by atoms with van der Waals surface area (Å²) in [5, 5.41) is 1.34. The molecule has 1 atom stereocenters. The quantitative estimate of drug-likeness (QED) is 0.478. The largest absolute Gasteiger partial charge is 0.271 e. The number of rotatable bonds is 5. The Balaban J connectivity index is 2.85. The normalized spacial score (nSPS) is 12.5. The molecule has 0 spiro atoms. The van der Waals surface area contributed by atoms with Crippen LogP contribution in [0.15, 0.2) is 30.4 Å². The molecule has 4 heteroatoms. The Kier molecular flexibility index (Phi) is 5.29. The molecule has 88 valence electrons. The lowest BCUT2D eigenvalue weighted by atomic mass is 10.0. The second-order valence-electron chi connectivity index (χ2n) is 3.88. The number of benzene rings is 1. The van der Waals surface area contributed by atoms with Crippen LogP contribution in [-0.4, -0.2) is 0 Å². The first-order valence-corrected chi connectivity index (χ1v) is 5.85. The van der Waals surface area contributed by atoms with Gasteiger partial charge in [0.25, 0.3) is 0 Å². The minimum Gasteiger partial charge on any atom is -0.271 e. The first kappa shape index (κ1) is 13.5. The maximum Gasteiger partial charge on any atom is 0.0478 e. The van der Waals surface area contributed by atoms with E-state index in [1.807, 2.05) is 13.0 Å². The van der Waals surface area contributed by atoms with Crippen LogP contribution in [0.3, 0.4) is 0 Å². The summed E-state index contributed by atoms with van der Waals surface area (Å²) in [4.78, 5) is 0. The Morgan fingerprint density at radius 3 is 2.75 bits per heavy atom. The summed E-state index contributed by atoms with van der Waals surface area (Å²) in [6.45, 7) is 5.86. The molecule has 0 aliphatic carbocycles. The lowest BCUT2D eigenvalue weighted by molar-refractivity contribution is 0.516. The molecule has 0 aliphatic heterocycles. The van der Waals surface area contributed by atoms with E-state index in [4.69, 9.17) is 29.0 Å². The Labute approximate surface area is 106 Å². The second kappa shape index (κ2) is 6.26. The fraction of sp³-hybridized carbons (Fsp3) is 0.333. The van der Waals surface area contributed by atoms with Gasteiger partial charge < -0.3 is 0 Å². The van der Waals surface area contributed by atoms with Gasteiger partial charge in [-0.3, -0.25) is 11.3 Å². The van der Waals surface area contributed by atoms with E-state index < -0.39 is 0 Å². The molecule has 1 aromatic rings. The minimum atomic E-state index is 0.00269. The third kappa shape index (κ3) is 3.80. The molecule has 0 radical (unpaired) electrons. The average molecular weight is 259 g/mol. The number of hydrazine groups is 1.